The van der Waals surface area contributed by atoms with Crippen molar-refractivity contribution in [2.45, 2.75) is 18.9 Å². The van der Waals surface area contributed by atoms with E-state index in [-0.39, 0.29) is 18.7 Å². The normalized spacial score (nSPS) is 19.7. The fourth-order valence-electron chi connectivity index (χ4n) is 2.15. The van der Waals surface area contributed by atoms with E-state index in [1.54, 1.807) is 12.1 Å². The number of nitrogen functional groups attached to an aromatic ring is 1. The van der Waals surface area contributed by atoms with Crippen molar-refractivity contribution in [3.05, 3.63) is 28.8 Å². The zero-order chi connectivity index (χ0) is 13.6. The minimum Gasteiger partial charge on any atom is -0.396 e. The average molecular weight is 261 g/mol. The predicted molar refractivity (Wildman–Crippen MR) is 65.3 cm³/mol. The predicted octanol–water partition coefficient (Wildman–Crippen LogP) is -0.944. The summed E-state index contributed by atoms with van der Waals surface area (Å²) >= 11 is 0. The topological polar surface area (TPSA) is 111 Å². The zero-order valence-electron chi connectivity index (χ0n) is 9.87. The third-order valence-corrected chi connectivity index (χ3v) is 3.11. The molecule has 2 aromatic heterocycles. The monoisotopic (exact) mass is 261 g/mol. The molecule has 0 spiro atoms. The summed E-state index contributed by atoms with van der Waals surface area (Å²) in [4.78, 5) is 35.0. The second kappa shape index (κ2) is 3.94. The van der Waals surface area contributed by atoms with E-state index in [0.29, 0.717) is 11.3 Å². The summed E-state index contributed by atoms with van der Waals surface area (Å²) in [5.74, 6) is -0.849. The first-order valence-electron chi connectivity index (χ1n) is 5.77. The number of rotatable bonds is 1. The first-order valence-corrected chi connectivity index (χ1v) is 5.77. The molecule has 3 rings (SSSR count). The van der Waals surface area contributed by atoms with Crippen molar-refractivity contribution >= 4 is 23.1 Å². The van der Waals surface area contributed by atoms with Crippen LogP contribution in [0.2, 0.25) is 0 Å². The number of nitrogens with one attached hydrogen (secondary N) is 1. The van der Waals surface area contributed by atoms with Crippen LogP contribution in [0.5, 0.6) is 0 Å². The number of anilines is 1. The molecule has 1 atom stereocenters. The standard InChI is InChI=1S/C11H11N5O3/c12-6-2-1-5-15-9(6)14-16(11(15)19)7-3-4-8(17)13-10(7)18/h1-2,5,7H,3-4,12H2,(H,13,17,18). The maximum atomic E-state index is 12.1. The van der Waals surface area contributed by atoms with Crippen molar-refractivity contribution in [2.75, 3.05) is 5.73 Å². The molecule has 1 aliphatic heterocycles. The minimum absolute atomic E-state index is 0.187. The number of fused-ring (bicyclic) bond motifs is 1. The highest BCUT2D eigenvalue weighted by molar-refractivity contribution is 5.99. The molecule has 1 aliphatic rings. The molecule has 19 heavy (non-hydrogen) atoms. The number of imide groups is 1. The minimum atomic E-state index is -0.774. The van der Waals surface area contributed by atoms with Gasteiger partial charge in [0.25, 0.3) is 5.91 Å². The lowest BCUT2D eigenvalue weighted by molar-refractivity contribution is -0.136. The van der Waals surface area contributed by atoms with Gasteiger partial charge in [-0.3, -0.25) is 14.9 Å². The number of nitrogens with zero attached hydrogens (tertiary/aromatic N) is 3. The summed E-state index contributed by atoms with van der Waals surface area (Å²) in [5.41, 5.74) is 5.94. The SMILES string of the molecule is Nc1cccn2c(=O)n(C3CCC(=O)NC3=O)nc12. The van der Waals surface area contributed by atoms with E-state index >= 15 is 0 Å². The van der Waals surface area contributed by atoms with Gasteiger partial charge in [0.15, 0.2) is 5.65 Å². The van der Waals surface area contributed by atoms with Crippen LogP contribution in [0.15, 0.2) is 23.1 Å². The number of carbonyl (C=O) groups excluding carboxylic acids is 2. The maximum Gasteiger partial charge on any atom is 0.351 e. The lowest BCUT2D eigenvalue weighted by Gasteiger charge is -2.19. The van der Waals surface area contributed by atoms with Crippen molar-refractivity contribution in [2.24, 2.45) is 0 Å². The molecule has 2 amide bonds. The van der Waals surface area contributed by atoms with Crippen LogP contribution in [0.3, 0.4) is 0 Å². The van der Waals surface area contributed by atoms with Gasteiger partial charge in [0.05, 0.1) is 5.69 Å². The smallest absolute Gasteiger partial charge is 0.351 e. The number of carbonyl (C=O) groups is 2. The molecule has 1 saturated heterocycles. The van der Waals surface area contributed by atoms with E-state index in [1.807, 2.05) is 0 Å². The van der Waals surface area contributed by atoms with Gasteiger partial charge in [-0.2, -0.15) is 4.68 Å². The molecule has 0 saturated carbocycles. The van der Waals surface area contributed by atoms with E-state index in [2.05, 4.69) is 10.4 Å². The lowest BCUT2D eigenvalue weighted by Crippen LogP contribution is -2.44. The maximum absolute atomic E-state index is 12.1. The third kappa shape index (κ3) is 1.68. The van der Waals surface area contributed by atoms with Crippen LogP contribution in [0.25, 0.3) is 5.65 Å². The highest BCUT2D eigenvalue weighted by Crippen LogP contribution is 2.17. The van der Waals surface area contributed by atoms with Crippen LogP contribution in [0, 0.1) is 0 Å². The van der Waals surface area contributed by atoms with Crippen LogP contribution in [0.1, 0.15) is 18.9 Å². The Balaban J connectivity index is 2.13. The van der Waals surface area contributed by atoms with Crippen molar-refractivity contribution < 1.29 is 9.59 Å². The molecule has 8 nitrogen and oxygen atoms in total. The fourth-order valence-corrected chi connectivity index (χ4v) is 2.15. The average Bonchev–Trinajstić information content (AvgIpc) is 2.69. The quantitative estimate of drug-likeness (QED) is 0.643. The fraction of sp³-hybridized carbons (Fsp3) is 0.273. The van der Waals surface area contributed by atoms with Gasteiger partial charge in [-0.25, -0.2) is 9.20 Å². The van der Waals surface area contributed by atoms with E-state index in [1.165, 1.54) is 10.6 Å². The number of piperidine rings is 1. The summed E-state index contributed by atoms with van der Waals surface area (Å²) < 4.78 is 2.35. The van der Waals surface area contributed by atoms with Crippen LogP contribution in [0.4, 0.5) is 5.69 Å². The summed E-state index contributed by atoms with van der Waals surface area (Å²) in [6, 6.07) is 2.47. The van der Waals surface area contributed by atoms with Gasteiger partial charge in [-0.15, -0.1) is 5.10 Å². The van der Waals surface area contributed by atoms with Crippen LogP contribution in [-0.4, -0.2) is 26.0 Å². The highest BCUT2D eigenvalue weighted by atomic mass is 16.2. The Morgan fingerprint density at radius 1 is 1.37 bits per heavy atom. The Labute approximate surface area is 106 Å². The molecule has 1 unspecified atom stereocenters. The zero-order valence-corrected chi connectivity index (χ0v) is 9.87. The summed E-state index contributed by atoms with van der Waals surface area (Å²) in [7, 11) is 0. The molecule has 0 aliphatic carbocycles. The van der Waals surface area contributed by atoms with Gasteiger partial charge >= 0.3 is 5.69 Å². The molecular weight excluding hydrogens is 250 g/mol. The van der Waals surface area contributed by atoms with Gasteiger partial charge in [0.2, 0.25) is 5.91 Å². The van der Waals surface area contributed by atoms with Gasteiger partial charge in [-0.05, 0) is 18.6 Å². The van der Waals surface area contributed by atoms with Crippen LogP contribution >= 0.6 is 0 Å². The summed E-state index contributed by atoms with van der Waals surface area (Å²) in [6.45, 7) is 0. The van der Waals surface area contributed by atoms with Gasteiger partial charge in [-0.1, -0.05) is 0 Å². The molecule has 0 bridgehead atoms. The summed E-state index contributed by atoms with van der Waals surface area (Å²) in [6.07, 6.45) is 1.98. The molecular formula is C11H11N5O3. The number of aromatic nitrogens is 3. The number of pyridine rings is 1. The Morgan fingerprint density at radius 3 is 2.84 bits per heavy atom. The molecule has 0 aromatic carbocycles. The molecule has 0 radical (unpaired) electrons. The second-order valence-electron chi connectivity index (χ2n) is 4.35. The van der Waals surface area contributed by atoms with Crippen molar-refractivity contribution in [1.29, 1.82) is 0 Å². The Bertz CT molecular complexity index is 744. The van der Waals surface area contributed by atoms with E-state index in [4.69, 9.17) is 5.73 Å². The van der Waals surface area contributed by atoms with Crippen molar-refractivity contribution in [3.8, 4) is 0 Å². The first-order chi connectivity index (χ1) is 9.08. The Morgan fingerprint density at radius 2 is 2.16 bits per heavy atom. The van der Waals surface area contributed by atoms with Gasteiger partial charge < -0.3 is 5.73 Å². The number of nitrogens with two attached hydrogens (primary N) is 1. The van der Waals surface area contributed by atoms with Crippen molar-refractivity contribution in [3.63, 3.8) is 0 Å². The molecule has 1 fully saturated rings. The first kappa shape index (κ1) is 11.5. The van der Waals surface area contributed by atoms with Crippen LogP contribution in [-0.2, 0) is 9.59 Å². The highest BCUT2D eigenvalue weighted by Gasteiger charge is 2.30. The largest absolute Gasteiger partial charge is 0.396 e. The van der Waals surface area contributed by atoms with E-state index in [9.17, 15) is 14.4 Å². The van der Waals surface area contributed by atoms with Gasteiger partial charge in [0, 0.05) is 12.6 Å². The Hall–Kier alpha value is -2.64. The molecule has 3 heterocycles. The summed E-state index contributed by atoms with van der Waals surface area (Å²) in [5, 5.41) is 6.28. The number of hydrogen-bond acceptors (Lipinski definition) is 5. The Kier molecular flexibility index (Phi) is 2.37. The van der Waals surface area contributed by atoms with Crippen molar-refractivity contribution in [1.82, 2.24) is 19.5 Å². The number of hydrogen-bond donors (Lipinski definition) is 2. The molecule has 2 aromatic rings. The van der Waals surface area contributed by atoms with Gasteiger partial charge in [0.1, 0.15) is 6.04 Å². The van der Waals surface area contributed by atoms with E-state index < -0.39 is 17.6 Å². The second-order valence-corrected chi connectivity index (χ2v) is 4.35. The molecule has 3 N–H and O–H groups in total. The molecule has 98 valence electrons. The lowest BCUT2D eigenvalue weighted by atomic mass is 10.1. The van der Waals surface area contributed by atoms with E-state index in [0.717, 1.165) is 4.68 Å². The molecule has 8 heteroatoms. The van der Waals surface area contributed by atoms with Crippen LogP contribution < -0.4 is 16.7 Å². The number of amides is 2. The third-order valence-electron chi connectivity index (χ3n) is 3.11.